The summed E-state index contributed by atoms with van der Waals surface area (Å²) >= 11 is 1.48. The Labute approximate surface area is 143 Å². The summed E-state index contributed by atoms with van der Waals surface area (Å²) in [6, 6.07) is 5.78. The minimum absolute atomic E-state index is 0.0426. The number of benzene rings is 1. The molecular formula is C17H17N3O3S. The lowest BCUT2D eigenvalue weighted by molar-refractivity contribution is -0.125. The van der Waals surface area contributed by atoms with Gasteiger partial charge in [-0.1, -0.05) is 0 Å². The van der Waals surface area contributed by atoms with Crippen LogP contribution in [0.2, 0.25) is 0 Å². The molecule has 4 rings (SSSR count). The van der Waals surface area contributed by atoms with Crippen LogP contribution in [0, 0.1) is 0 Å². The van der Waals surface area contributed by atoms with E-state index in [4.69, 9.17) is 9.47 Å². The number of carbonyl (C=O) groups is 1. The Hall–Kier alpha value is -2.41. The number of thiazole rings is 1. The molecule has 24 heavy (non-hydrogen) atoms. The molecule has 2 aliphatic heterocycles. The van der Waals surface area contributed by atoms with Crippen molar-refractivity contribution in [1.29, 1.82) is 0 Å². The van der Waals surface area contributed by atoms with E-state index in [2.05, 4.69) is 9.98 Å². The van der Waals surface area contributed by atoms with Gasteiger partial charge in [0, 0.05) is 30.8 Å². The van der Waals surface area contributed by atoms with Gasteiger partial charge in [0.1, 0.15) is 5.84 Å². The van der Waals surface area contributed by atoms with Crippen LogP contribution in [-0.2, 0) is 4.79 Å². The molecule has 0 spiro atoms. The minimum atomic E-state index is 0.0426. The van der Waals surface area contributed by atoms with Gasteiger partial charge in [0.25, 0.3) is 0 Å². The molecule has 6 nitrogen and oxygen atoms in total. The van der Waals surface area contributed by atoms with Crippen LogP contribution in [0.4, 0.5) is 5.13 Å². The summed E-state index contributed by atoms with van der Waals surface area (Å²) in [5.74, 6) is 2.36. The van der Waals surface area contributed by atoms with Gasteiger partial charge < -0.3 is 14.4 Å². The molecule has 0 saturated carbocycles. The molecule has 2 aliphatic rings. The number of nitrogens with zero attached hydrogens (tertiary/aromatic N) is 3. The summed E-state index contributed by atoms with van der Waals surface area (Å²) in [5.41, 5.74) is 1.82. The molecule has 1 amide bonds. The SMILES string of the molecule is CC(=O)N1CCCC/C1=N\c1nc(-c2ccc3c(c2)OCO3)cs1. The van der Waals surface area contributed by atoms with Crippen molar-refractivity contribution in [3.05, 3.63) is 23.6 Å². The second kappa shape index (κ2) is 6.24. The van der Waals surface area contributed by atoms with E-state index >= 15 is 0 Å². The van der Waals surface area contributed by atoms with E-state index in [1.54, 1.807) is 11.8 Å². The largest absolute Gasteiger partial charge is 0.454 e. The lowest BCUT2D eigenvalue weighted by Gasteiger charge is -2.26. The smallest absolute Gasteiger partial charge is 0.231 e. The molecule has 0 atom stereocenters. The van der Waals surface area contributed by atoms with Gasteiger partial charge in [-0.15, -0.1) is 11.3 Å². The number of ether oxygens (including phenoxy) is 2. The summed E-state index contributed by atoms with van der Waals surface area (Å²) in [7, 11) is 0. The van der Waals surface area contributed by atoms with Gasteiger partial charge in [-0.05, 0) is 31.0 Å². The first-order valence-corrected chi connectivity index (χ1v) is 8.80. The molecule has 1 aromatic heterocycles. The number of aliphatic imine (C=N–C) groups is 1. The number of amides is 1. The zero-order valence-corrected chi connectivity index (χ0v) is 14.1. The van der Waals surface area contributed by atoms with Crippen LogP contribution in [0.1, 0.15) is 26.2 Å². The molecule has 7 heteroatoms. The fourth-order valence-electron chi connectivity index (χ4n) is 2.89. The van der Waals surface area contributed by atoms with E-state index in [9.17, 15) is 4.79 Å². The Morgan fingerprint density at radius 1 is 1.29 bits per heavy atom. The maximum Gasteiger partial charge on any atom is 0.231 e. The molecule has 3 heterocycles. The van der Waals surface area contributed by atoms with Crippen molar-refractivity contribution in [2.75, 3.05) is 13.3 Å². The zero-order valence-electron chi connectivity index (χ0n) is 13.3. The number of fused-ring (bicyclic) bond motifs is 1. The molecular weight excluding hydrogens is 326 g/mol. The van der Waals surface area contributed by atoms with Crippen molar-refractivity contribution in [2.45, 2.75) is 26.2 Å². The van der Waals surface area contributed by atoms with Crippen LogP contribution in [0.3, 0.4) is 0 Å². The summed E-state index contributed by atoms with van der Waals surface area (Å²) in [6.45, 7) is 2.59. The molecule has 1 saturated heterocycles. The van der Waals surface area contributed by atoms with Gasteiger partial charge in [-0.3, -0.25) is 4.79 Å². The third kappa shape index (κ3) is 2.87. The second-order valence-electron chi connectivity index (χ2n) is 5.74. The van der Waals surface area contributed by atoms with Crippen LogP contribution in [0.5, 0.6) is 11.5 Å². The number of hydrogen-bond donors (Lipinski definition) is 0. The van der Waals surface area contributed by atoms with Gasteiger partial charge in [0.05, 0.1) is 5.69 Å². The van der Waals surface area contributed by atoms with Crippen molar-refractivity contribution in [3.63, 3.8) is 0 Å². The lowest BCUT2D eigenvalue weighted by atomic mass is 10.1. The molecule has 124 valence electrons. The van der Waals surface area contributed by atoms with Crippen LogP contribution in [0.25, 0.3) is 11.3 Å². The highest BCUT2D eigenvalue weighted by molar-refractivity contribution is 7.13. The summed E-state index contributed by atoms with van der Waals surface area (Å²) < 4.78 is 10.7. The van der Waals surface area contributed by atoms with Crippen molar-refractivity contribution >= 4 is 28.2 Å². The fourth-order valence-corrected chi connectivity index (χ4v) is 3.60. The maximum atomic E-state index is 11.7. The summed E-state index contributed by atoms with van der Waals surface area (Å²) in [5, 5.41) is 2.64. The highest BCUT2D eigenvalue weighted by Crippen LogP contribution is 2.37. The average Bonchev–Trinajstić information content (AvgIpc) is 3.23. The molecule has 1 aromatic carbocycles. The lowest BCUT2D eigenvalue weighted by Crippen LogP contribution is -2.38. The monoisotopic (exact) mass is 343 g/mol. The molecule has 1 fully saturated rings. The van der Waals surface area contributed by atoms with Crippen molar-refractivity contribution in [3.8, 4) is 22.8 Å². The van der Waals surface area contributed by atoms with Crippen molar-refractivity contribution < 1.29 is 14.3 Å². The van der Waals surface area contributed by atoms with E-state index in [-0.39, 0.29) is 12.7 Å². The highest BCUT2D eigenvalue weighted by Gasteiger charge is 2.20. The zero-order chi connectivity index (χ0) is 16.5. The third-order valence-corrected chi connectivity index (χ3v) is 4.84. The average molecular weight is 343 g/mol. The Bertz CT molecular complexity index is 815. The van der Waals surface area contributed by atoms with Gasteiger partial charge >= 0.3 is 0 Å². The predicted octanol–water partition coefficient (Wildman–Crippen LogP) is 3.60. The summed E-state index contributed by atoms with van der Waals surface area (Å²) in [6.07, 6.45) is 2.90. The number of aromatic nitrogens is 1. The molecule has 0 aliphatic carbocycles. The topological polar surface area (TPSA) is 64.0 Å². The fraction of sp³-hybridized carbons (Fsp3) is 0.353. The van der Waals surface area contributed by atoms with E-state index < -0.39 is 0 Å². The first kappa shape index (κ1) is 15.1. The van der Waals surface area contributed by atoms with Crippen LogP contribution < -0.4 is 9.47 Å². The number of hydrogen-bond acceptors (Lipinski definition) is 6. The summed E-state index contributed by atoms with van der Waals surface area (Å²) in [4.78, 5) is 22.7. The molecule has 0 unspecified atom stereocenters. The Balaban J connectivity index is 1.60. The number of rotatable bonds is 2. The van der Waals surface area contributed by atoms with Gasteiger partial charge in [0.15, 0.2) is 11.5 Å². The van der Waals surface area contributed by atoms with Gasteiger partial charge in [-0.2, -0.15) is 0 Å². The minimum Gasteiger partial charge on any atom is -0.454 e. The van der Waals surface area contributed by atoms with E-state index in [0.29, 0.717) is 5.13 Å². The number of carbonyl (C=O) groups excluding carboxylic acids is 1. The molecule has 2 aromatic rings. The van der Waals surface area contributed by atoms with Crippen molar-refractivity contribution in [2.24, 2.45) is 4.99 Å². The molecule has 0 radical (unpaired) electrons. The predicted molar refractivity (Wildman–Crippen MR) is 92.0 cm³/mol. The normalized spacial score (nSPS) is 18.2. The van der Waals surface area contributed by atoms with Crippen LogP contribution in [0.15, 0.2) is 28.6 Å². The molecule has 0 bridgehead atoms. The van der Waals surface area contributed by atoms with Crippen LogP contribution >= 0.6 is 11.3 Å². The highest BCUT2D eigenvalue weighted by atomic mass is 32.1. The first-order valence-electron chi connectivity index (χ1n) is 7.92. The van der Waals surface area contributed by atoms with Gasteiger partial charge in [-0.25, -0.2) is 9.98 Å². The Morgan fingerprint density at radius 3 is 3.04 bits per heavy atom. The number of piperidine rings is 1. The quantitative estimate of drug-likeness (QED) is 0.836. The number of likely N-dealkylation sites (tertiary alicyclic amines) is 1. The van der Waals surface area contributed by atoms with E-state index in [1.807, 2.05) is 23.6 Å². The number of amidine groups is 1. The second-order valence-corrected chi connectivity index (χ2v) is 6.58. The third-order valence-electron chi connectivity index (χ3n) is 4.11. The maximum absolute atomic E-state index is 11.7. The van der Waals surface area contributed by atoms with E-state index in [1.165, 1.54) is 11.3 Å². The molecule has 0 N–H and O–H groups in total. The van der Waals surface area contributed by atoms with Crippen molar-refractivity contribution in [1.82, 2.24) is 9.88 Å². The van der Waals surface area contributed by atoms with Gasteiger partial charge in [0.2, 0.25) is 17.8 Å². The first-order chi connectivity index (χ1) is 11.7. The van der Waals surface area contributed by atoms with E-state index in [0.717, 1.165) is 54.4 Å². The Kier molecular flexibility index (Phi) is 3.93. The standard InChI is InChI=1S/C17H17N3O3S/c1-11(21)20-7-3-2-4-16(20)19-17-18-13(9-24-17)12-5-6-14-15(8-12)23-10-22-14/h5-6,8-9H,2-4,7,10H2,1H3/b19-16+. The Morgan fingerprint density at radius 2 is 2.17 bits per heavy atom. The van der Waals surface area contributed by atoms with Crippen LogP contribution in [-0.4, -0.2) is 35.0 Å².